The fourth-order valence-electron chi connectivity index (χ4n) is 11.2. The van der Waals surface area contributed by atoms with Crippen molar-refractivity contribution in [2.24, 2.45) is 0 Å². The number of rotatable bonds is 2. The highest BCUT2D eigenvalue weighted by Crippen LogP contribution is 2.55. The minimum absolute atomic E-state index is 0.209. The van der Waals surface area contributed by atoms with Crippen LogP contribution in [0.15, 0.2) is 176 Å². The van der Waals surface area contributed by atoms with Crippen molar-refractivity contribution in [2.45, 2.75) is 25.2 Å². The minimum Gasteiger partial charge on any atom is -0.309 e. The van der Waals surface area contributed by atoms with E-state index in [1.165, 1.54) is 115 Å². The molecule has 3 heterocycles. The average Bonchev–Trinajstić information content (AvgIpc) is 3.88. The molecule has 0 radical (unpaired) electrons. The number of nitrogens with zero attached hydrogens (tertiary/aromatic N) is 2. The molecule has 2 atom stereocenters. The fraction of sp³-hybridized carbons (Fsp3) is 0.0741. The maximum Gasteiger partial charge on any atom is 0.0623 e. The van der Waals surface area contributed by atoms with Crippen molar-refractivity contribution < 1.29 is 0 Å². The van der Waals surface area contributed by atoms with E-state index in [9.17, 15) is 0 Å². The Morgan fingerprint density at radius 1 is 0.446 bits per heavy atom. The lowest BCUT2D eigenvalue weighted by atomic mass is 9.77. The monoisotopic (exact) mass is 712 g/mol. The Labute approximate surface area is 323 Å². The summed E-state index contributed by atoms with van der Waals surface area (Å²) in [6.07, 6.45) is 0.926. The maximum atomic E-state index is 2.59. The minimum atomic E-state index is 0.209. The highest BCUT2D eigenvalue weighted by Gasteiger charge is 2.35. The van der Waals surface area contributed by atoms with Crippen LogP contribution < -0.4 is 0 Å². The van der Waals surface area contributed by atoms with Gasteiger partial charge >= 0.3 is 0 Å². The van der Waals surface area contributed by atoms with Crippen molar-refractivity contribution >= 4 is 81.4 Å². The molecule has 2 heteroatoms. The second-order valence-corrected chi connectivity index (χ2v) is 16.0. The van der Waals surface area contributed by atoms with Crippen LogP contribution in [0.5, 0.6) is 0 Å². The van der Waals surface area contributed by atoms with E-state index in [4.69, 9.17) is 0 Å². The Kier molecular flexibility index (Phi) is 6.02. The summed E-state index contributed by atoms with van der Waals surface area (Å²) in [5, 5.41) is 13.4. The van der Waals surface area contributed by atoms with Crippen LogP contribution in [-0.2, 0) is 6.42 Å². The number of benzene rings is 9. The molecule has 12 aromatic rings. The summed E-state index contributed by atoms with van der Waals surface area (Å²) in [7, 11) is 0. The maximum absolute atomic E-state index is 2.59. The van der Waals surface area contributed by atoms with Gasteiger partial charge in [-0.15, -0.1) is 0 Å². The summed E-state index contributed by atoms with van der Waals surface area (Å²) < 4.78 is 5.06. The Hall–Kier alpha value is -6.90. The lowest BCUT2D eigenvalue weighted by Gasteiger charge is -2.26. The first-order chi connectivity index (χ1) is 27.8. The molecule has 0 N–H and O–H groups in total. The summed E-state index contributed by atoms with van der Waals surface area (Å²) >= 11 is 0. The standard InChI is InChI=1S/C54H36N2/c1-32-44(38-23-14-28-48-51(38)41-22-10-12-27-47(41)55(48)34-16-3-2-4-17-34)31-45-50(42-30-29-33-15-5-6-18-35(33)49(32)42)37-20-7-8-21-40(37)54-52(45)43-25-13-24-39-36-19-9-11-26-46(36)56(54)53(39)43/h2-30,32,44H,31H2,1H3/t32-,44+/m0/s1. The Morgan fingerprint density at radius 2 is 1.07 bits per heavy atom. The molecular weight excluding hydrogens is 677 g/mol. The van der Waals surface area contributed by atoms with E-state index in [-0.39, 0.29) is 11.8 Å². The molecule has 0 aliphatic heterocycles. The number of aromatic nitrogens is 2. The predicted molar refractivity (Wildman–Crippen MR) is 237 cm³/mol. The first kappa shape index (κ1) is 30.4. The number of hydrogen-bond acceptors (Lipinski definition) is 0. The molecule has 9 aromatic carbocycles. The zero-order chi connectivity index (χ0) is 36.6. The molecule has 0 spiro atoms. The topological polar surface area (TPSA) is 9.34 Å². The summed E-state index contributed by atoms with van der Waals surface area (Å²) in [4.78, 5) is 0. The van der Waals surface area contributed by atoms with Gasteiger partial charge in [-0.1, -0.05) is 153 Å². The normalized spacial score (nSPS) is 15.9. The zero-order valence-corrected chi connectivity index (χ0v) is 31.0. The lowest BCUT2D eigenvalue weighted by Crippen LogP contribution is -2.11. The van der Waals surface area contributed by atoms with Gasteiger partial charge in [0.05, 0.1) is 27.6 Å². The second kappa shape index (κ2) is 11.1. The van der Waals surface area contributed by atoms with Gasteiger partial charge in [-0.2, -0.15) is 0 Å². The van der Waals surface area contributed by atoms with Crippen molar-refractivity contribution in [2.75, 3.05) is 0 Å². The van der Waals surface area contributed by atoms with Crippen molar-refractivity contribution in [3.8, 4) is 16.8 Å². The van der Waals surface area contributed by atoms with Crippen molar-refractivity contribution in [1.82, 2.24) is 8.97 Å². The first-order valence-corrected chi connectivity index (χ1v) is 20.0. The molecule has 0 bridgehead atoms. The Balaban J connectivity index is 1.22. The highest BCUT2D eigenvalue weighted by molar-refractivity contribution is 6.30. The van der Waals surface area contributed by atoms with Gasteiger partial charge in [0.1, 0.15) is 0 Å². The molecular formula is C54H36N2. The van der Waals surface area contributed by atoms with E-state index in [1.54, 1.807) is 0 Å². The van der Waals surface area contributed by atoms with Gasteiger partial charge in [0.25, 0.3) is 0 Å². The second-order valence-electron chi connectivity index (χ2n) is 16.0. The van der Waals surface area contributed by atoms with E-state index in [1.807, 2.05) is 0 Å². The van der Waals surface area contributed by atoms with E-state index in [0.717, 1.165) is 6.42 Å². The van der Waals surface area contributed by atoms with Crippen molar-refractivity contribution in [1.29, 1.82) is 0 Å². The van der Waals surface area contributed by atoms with E-state index >= 15 is 0 Å². The number of fused-ring (bicyclic) bond motifs is 18. The SMILES string of the molecule is C[C@@H]1c2c(ccc3ccccc23)-c2c(c3c4cccc5c6ccccc6n(c54)c3c3ccccc23)C[C@H]1c1cccc2c1c1ccccc1n2-c1ccccc1. The van der Waals surface area contributed by atoms with Crippen LogP contribution in [-0.4, -0.2) is 8.97 Å². The largest absolute Gasteiger partial charge is 0.309 e. The van der Waals surface area contributed by atoms with Crippen molar-refractivity contribution in [3.05, 3.63) is 193 Å². The molecule has 1 aliphatic carbocycles. The highest BCUT2D eigenvalue weighted by atomic mass is 15.0. The van der Waals surface area contributed by atoms with Crippen LogP contribution in [0.2, 0.25) is 0 Å². The van der Waals surface area contributed by atoms with Crippen LogP contribution in [0.3, 0.4) is 0 Å². The van der Waals surface area contributed by atoms with Gasteiger partial charge in [0.2, 0.25) is 0 Å². The van der Waals surface area contributed by atoms with Gasteiger partial charge in [0, 0.05) is 43.4 Å². The predicted octanol–water partition coefficient (Wildman–Crippen LogP) is 14.4. The summed E-state index contributed by atoms with van der Waals surface area (Å²) in [5.41, 5.74) is 14.8. The number of hydrogen-bond donors (Lipinski definition) is 0. The Bertz CT molecular complexity index is 3580. The molecule has 13 rings (SSSR count). The van der Waals surface area contributed by atoms with Crippen LogP contribution >= 0.6 is 0 Å². The Morgan fingerprint density at radius 3 is 1.93 bits per heavy atom. The van der Waals surface area contributed by atoms with Gasteiger partial charge in [-0.3, -0.25) is 0 Å². The molecule has 262 valence electrons. The van der Waals surface area contributed by atoms with Crippen molar-refractivity contribution in [3.63, 3.8) is 0 Å². The van der Waals surface area contributed by atoms with Crippen LogP contribution in [0.25, 0.3) is 98.3 Å². The summed E-state index contributed by atoms with van der Waals surface area (Å²) in [5.74, 6) is 0.444. The summed E-state index contributed by atoms with van der Waals surface area (Å²) in [6, 6.07) is 66.0. The summed E-state index contributed by atoms with van der Waals surface area (Å²) in [6.45, 7) is 2.51. The van der Waals surface area contributed by atoms with Gasteiger partial charge in [0.15, 0.2) is 0 Å². The van der Waals surface area contributed by atoms with Crippen LogP contribution in [0.4, 0.5) is 0 Å². The molecule has 0 saturated heterocycles. The van der Waals surface area contributed by atoms with Crippen LogP contribution in [0, 0.1) is 0 Å². The molecule has 0 saturated carbocycles. The molecule has 0 amide bonds. The third kappa shape index (κ3) is 3.81. The van der Waals surface area contributed by atoms with E-state index < -0.39 is 0 Å². The molecule has 56 heavy (non-hydrogen) atoms. The molecule has 0 unspecified atom stereocenters. The van der Waals surface area contributed by atoms with E-state index in [2.05, 4.69) is 192 Å². The average molecular weight is 713 g/mol. The zero-order valence-electron chi connectivity index (χ0n) is 31.0. The van der Waals surface area contributed by atoms with Gasteiger partial charge in [-0.05, 0) is 92.6 Å². The lowest BCUT2D eigenvalue weighted by molar-refractivity contribution is 0.588. The van der Waals surface area contributed by atoms with Gasteiger partial charge in [-0.25, -0.2) is 0 Å². The third-order valence-corrected chi connectivity index (χ3v) is 13.3. The molecule has 3 aromatic heterocycles. The molecule has 2 nitrogen and oxygen atoms in total. The fourth-order valence-corrected chi connectivity index (χ4v) is 11.2. The first-order valence-electron chi connectivity index (χ1n) is 20.0. The van der Waals surface area contributed by atoms with E-state index in [0.29, 0.717) is 0 Å². The molecule has 1 aliphatic rings. The molecule has 0 fully saturated rings. The number of para-hydroxylation sites is 4. The van der Waals surface area contributed by atoms with Crippen LogP contribution in [0.1, 0.15) is 35.4 Å². The smallest absolute Gasteiger partial charge is 0.0623 e. The quantitative estimate of drug-likeness (QED) is 0.169. The third-order valence-electron chi connectivity index (χ3n) is 13.3. The van der Waals surface area contributed by atoms with Gasteiger partial charge < -0.3 is 8.97 Å².